The van der Waals surface area contributed by atoms with Crippen molar-refractivity contribution in [3.05, 3.63) is 27.9 Å². The molecule has 0 fully saturated rings. The Morgan fingerprint density at radius 2 is 2.32 bits per heavy atom. The summed E-state index contributed by atoms with van der Waals surface area (Å²) < 4.78 is 11.0. The average Bonchev–Trinajstić information content (AvgIpc) is 2.27. The van der Waals surface area contributed by atoms with Gasteiger partial charge in [0.15, 0.2) is 0 Å². The Morgan fingerprint density at radius 1 is 1.68 bits per heavy atom. The zero-order chi connectivity index (χ0) is 14.6. The van der Waals surface area contributed by atoms with Gasteiger partial charge in [-0.3, -0.25) is 19.1 Å². The summed E-state index contributed by atoms with van der Waals surface area (Å²) in [6.45, 7) is 1.68. The van der Waals surface area contributed by atoms with Crippen LogP contribution in [0.3, 0.4) is 0 Å². The SMILES string of the molecule is CC(CS(C)=O)NC(=O)c1cc([N+](=O)[O-])cnc1N. The molecule has 0 spiro atoms. The van der Waals surface area contributed by atoms with Crippen molar-refractivity contribution in [2.24, 2.45) is 0 Å². The van der Waals surface area contributed by atoms with Crippen LogP contribution in [0.2, 0.25) is 0 Å². The Labute approximate surface area is 112 Å². The van der Waals surface area contributed by atoms with E-state index in [0.717, 1.165) is 12.3 Å². The van der Waals surface area contributed by atoms with Crippen LogP contribution in [0.15, 0.2) is 12.3 Å². The highest BCUT2D eigenvalue weighted by Gasteiger charge is 2.18. The van der Waals surface area contributed by atoms with Crippen molar-refractivity contribution in [3.63, 3.8) is 0 Å². The molecule has 0 saturated heterocycles. The van der Waals surface area contributed by atoms with Crippen LogP contribution in [0.5, 0.6) is 0 Å². The number of carbonyl (C=O) groups is 1. The molecule has 9 heteroatoms. The Kier molecular flexibility index (Phi) is 4.93. The number of pyridine rings is 1. The summed E-state index contributed by atoms with van der Waals surface area (Å²) in [7, 11) is -1.06. The molecule has 0 aromatic carbocycles. The summed E-state index contributed by atoms with van der Waals surface area (Å²) in [4.78, 5) is 25.4. The molecule has 0 saturated carbocycles. The van der Waals surface area contributed by atoms with E-state index >= 15 is 0 Å². The molecule has 3 N–H and O–H groups in total. The molecule has 0 radical (unpaired) electrons. The number of hydrogen-bond donors (Lipinski definition) is 2. The number of nitro groups is 1. The minimum absolute atomic E-state index is 0.0667. The quantitative estimate of drug-likeness (QED) is 0.582. The first kappa shape index (κ1) is 15.0. The fraction of sp³-hybridized carbons (Fsp3) is 0.400. The van der Waals surface area contributed by atoms with Crippen molar-refractivity contribution in [3.8, 4) is 0 Å². The minimum Gasteiger partial charge on any atom is -0.383 e. The van der Waals surface area contributed by atoms with Gasteiger partial charge in [0, 0.05) is 34.9 Å². The maximum Gasteiger partial charge on any atom is 0.288 e. The molecule has 1 heterocycles. The average molecular weight is 286 g/mol. The maximum absolute atomic E-state index is 11.9. The largest absolute Gasteiger partial charge is 0.383 e. The fourth-order valence-corrected chi connectivity index (χ4v) is 2.23. The van der Waals surface area contributed by atoms with Gasteiger partial charge in [-0.15, -0.1) is 0 Å². The third kappa shape index (κ3) is 4.28. The molecule has 1 aromatic heterocycles. The van der Waals surface area contributed by atoms with E-state index in [2.05, 4.69) is 10.3 Å². The number of nitrogens with one attached hydrogen (secondary N) is 1. The van der Waals surface area contributed by atoms with E-state index in [0.29, 0.717) is 0 Å². The number of anilines is 1. The maximum atomic E-state index is 11.9. The minimum atomic E-state index is -1.06. The molecular formula is C10H14N4O4S. The standard InChI is InChI=1S/C10H14N4O4S/c1-6(5-19(2)18)13-10(15)8-3-7(14(16)17)4-12-9(8)11/h3-4,6H,5H2,1-2H3,(H2,11,12)(H,13,15). The lowest BCUT2D eigenvalue weighted by Crippen LogP contribution is -2.36. The predicted octanol–water partition coefficient (Wildman–Crippen LogP) is 0.0688. The van der Waals surface area contributed by atoms with Gasteiger partial charge < -0.3 is 11.1 Å². The number of hydrogen-bond acceptors (Lipinski definition) is 6. The predicted molar refractivity (Wildman–Crippen MR) is 71.2 cm³/mol. The monoisotopic (exact) mass is 286 g/mol. The van der Waals surface area contributed by atoms with Gasteiger partial charge in [0.1, 0.15) is 12.0 Å². The van der Waals surface area contributed by atoms with E-state index in [1.165, 1.54) is 6.26 Å². The molecule has 0 aliphatic rings. The van der Waals surface area contributed by atoms with E-state index in [4.69, 9.17) is 5.73 Å². The molecule has 0 aliphatic carbocycles. The van der Waals surface area contributed by atoms with Crippen molar-refractivity contribution < 1.29 is 13.9 Å². The Balaban J connectivity index is 2.90. The van der Waals surface area contributed by atoms with E-state index in [-0.39, 0.29) is 28.9 Å². The number of rotatable bonds is 5. The van der Waals surface area contributed by atoms with Crippen molar-refractivity contribution in [1.82, 2.24) is 10.3 Å². The third-order valence-electron chi connectivity index (χ3n) is 2.22. The van der Waals surface area contributed by atoms with Crippen molar-refractivity contribution >= 4 is 28.2 Å². The number of amides is 1. The lowest BCUT2D eigenvalue weighted by Gasteiger charge is -2.12. The molecule has 2 atom stereocenters. The topological polar surface area (TPSA) is 128 Å². The van der Waals surface area contributed by atoms with Crippen LogP contribution in [0.4, 0.5) is 11.5 Å². The van der Waals surface area contributed by atoms with Crippen LogP contribution in [0.25, 0.3) is 0 Å². The molecule has 1 aromatic rings. The van der Waals surface area contributed by atoms with Gasteiger partial charge in [-0.1, -0.05) is 0 Å². The van der Waals surface area contributed by atoms with E-state index in [9.17, 15) is 19.1 Å². The van der Waals surface area contributed by atoms with Crippen molar-refractivity contribution in [2.75, 3.05) is 17.7 Å². The lowest BCUT2D eigenvalue weighted by molar-refractivity contribution is -0.385. The highest BCUT2D eigenvalue weighted by atomic mass is 32.2. The Morgan fingerprint density at radius 3 is 2.84 bits per heavy atom. The summed E-state index contributed by atoms with van der Waals surface area (Å²) >= 11 is 0. The highest BCUT2D eigenvalue weighted by molar-refractivity contribution is 7.84. The number of nitrogens with zero attached hydrogens (tertiary/aromatic N) is 2. The Hall–Kier alpha value is -2.03. The molecule has 19 heavy (non-hydrogen) atoms. The van der Waals surface area contributed by atoms with E-state index in [1.54, 1.807) is 6.92 Å². The summed E-state index contributed by atoms with van der Waals surface area (Å²) in [5, 5.41) is 13.2. The molecule has 8 nitrogen and oxygen atoms in total. The van der Waals surface area contributed by atoms with Gasteiger partial charge >= 0.3 is 0 Å². The summed E-state index contributed by atoms with van der Waals surface area (Å²) in [5.41, 5.74) is 5.13. The van der Waals surface area contributed by atoms with Crippen molar-refractivity contribution in [1.29, 1.82) is 0 Å². The summed E-state index contributed by atoms with van der Waals surface area (Å²) in [5.74, 6) is -0.381. The van der Waals surface area contributed by atoms with Crippen LogP contribution in [0.1, 0.15) is 17.3 Å². The van der Waals surface area contributed by atoms with E-state index < -0.39 is 21.6 Å². The summed E-state index contributed by atoms with van der Waals surface area (Å²) in [6.07, 6.45) is 2.50. The summed E-state index contributed by atoms with van der Waals surface area (Å²) in [6, 6.07) is 0.727. The number of aromatic nitrogens is 1. The first-order valence-corrected chi connectivity index (χ1v) is 7.04. The second-order valence-electron chi connectivity index (χ2n) is 4.00. The molecule has 1 amide bonds. The second-order valence-corrected chi connectivity index (χ2v) is 5.48. The van der Waals surface area contributed by atoms with Crippen LogP contribution in [0, 0.1) is 10.1 Å². The van der Waals surface area contributed by atoms with E-state index in [1.807, 2.05) is 0 Å². The van der Waals surface area contributed by atoms with Gasteiger partial charge in [0.05, 0.1) is 10.5 Å². The first-order chi connectivity index (χ1) is 8.81. The van der Waals surface area contributed by atoms with Crippen LogP contribution in [-0.4, -0.2) is 38.1 Å². The van der Waals surface area contributed by atoms with Gasteiger partial charge in [-0.2, -0.15) is 0 Å². The fourth-order valence-electron chi connectivity index (χ4n) is 1.44. The lowest BCUT2D eigenvalue weighted by atomic mass is 10.2. The molecular weight excluding hydrogens is 272 g/mol. The number of nitrogen functional groups attached to an aromatic ring is 1. The number of carbonyl (C=O) groups excluding carboxylic acids is 1. The zero-order valence-corrected chi connectivity index (χ0v) is 11.3. The van der Waals surface area contributed by atoms with Gasteiger partial charge in [-0.25, -0.2) is 4.98 Å². The van der Waals surface area contributed by atoms with Crippen molar-refractivity contribution in [2.45, 2.75) is 13.0 Å². The van der Waals surface area contributed by atoms with Crippen LogP contribution >= 0.6 is 0 Å². The first-order valence-electron chi connectivity index (χ1n) is 5.32. The molecule has 0 bridgehead atoms. The third-order valence-corrected chi connectivity index (χ3v) is 3.19. The molecule has 104 valence electrons. The van der Waals surface area contributed by atoms with Crippen LogP contribution in [-0.2, 0) is 10.8 Å². The number of nitrogens with two attached hydrogens (primary N) is 1. The smallest absolute Gasteiger partial charge is 0.288 e. The van der Waals surface area contributed by atoms with Gasteiger partial charge in [0.25, 0.3) is 11.6 Å². The zero-order valence-electron chi connectivity index (χ0n) is 10.5. The highest BCUT2D eigenvalue weighted by Crippen LogP contribution is 2.16. The molecule has 2 unspecified atom stereocenters. The normalized spacial score (nSPS) is 13.6. The van der Waals surface area contributed by atoms with Gasteiger partial charge in [-0.05, 0) is 6.92 Å². The Bertz CT molecular complexity index is 534. The van der Waals surface area contributed by atoms with Crippen LogP contribution < -0.4 is 11.1 Å². The molecule has 1 rings (SSSR count). The van der Waals surface area contributed by atoms with Gasteiger partial charge in [0.2, 0.25) is 0 Å². The second kappa shape index (κ2) is 6.23. The molecule has 0 aliphatic heterocycles.